The number of nitrogens with zero attached hydrogens (tertiary/aromatic N) is 3. The number of ether oxygens (including phenoxy) is 1. The van der Waals surface area contributed by atoms with Crippen molar-refractivity contribution in [3.05, 3.63) is 28.2 Å². The van der Waals surface area contributed by atoms with Crippen LogP contribution in [-0.4, -0.2) is 24.5 Å². The average Bonchev–Trinajstić information content (AvgIpc) is 2.25. The van der Waals surface area contributed by atoms with Crippen LogP contribution in [0.1, 0.15) is 5.56 Å². The first-order chi connectivity index (χ1) is 7.94. The van der Waals surface area contributed by atoms with Crippen LogP contribution in [0.2, 0.25) is 25.7 Å². The predicted molar refractivity (Wildman–Crippen MR) is 67.3 cm³/mol. The molecule has 0 aliphatic heterocycles. The predicted octanol–water partition coefficient (Wildman–Crippen LogP) is 1.43. The second kappa shape index (κ2) is 5.75. The fourth-order valence-corrected chi connectivity index (χ4v) is 1.91. The van der Waals surface area contributed by atoms with Crippen LogP contribution in [0.5, 0.6) is 0 Å². The highest BCUT2D eigenvalue weighted by atomic mass is 28.3. The maximum absolute atomic E-state index is 11.6. The zero-order valence-corrected chi connectivity index (χ0v) is 11.4. The summed E-state index contributed by atoms with van der Waals surface area (Å²) in [6, 6.07) is 4.27. The summed E-state index contributed by atoms with van der Waals surface area (Å²) in [6.45, 7) is 7.52. The van der Waals surface area contributed by atoms with Crippen LogP contribution in [0.3, 0.4) is 0 Å². The molecule has 0 aliphatic rings. The number of nitriles is 1. The lowest BCUT2D eigenvalue weighted by molar-refractivity contribution is 0.0749. The van der Waals surface area contributed by atoms with Crippen molar-refractivity contribution in [2.45, 2.75) is 32.4 Å². The lowest BCUT2D eigenvalue weighted by Crippen LogP contribution is -2.27. The Morgan fingerprint density at radius 3 is 2.82 bits per heavy atom. The molecule has 0 spiro atoms. The van der Waals surface area contributed by atoms with E-state index in [1.165, 1.54) is 16.9 Å². The first kappa shape index (κ1) is 13.6. The minimum Gasteiger partial charge on any atom is -0.359 e. The molecular formula is C11H17N3O2Si. The summed E-state index contributed by atoms with van der Waals surface area (Å²) in [6.07, 6.45) is 1.43. The molecule has 92 valence electrons. The van der Waals surface area contributed by atoms with Crippen LogP contribution in [0.4, 0.5) is 0 Å². The lowest BCUT2D eigenvalue weighted by atomic mass is 10.3. The lowest BCUT2D eigenvalue weighted by Gasteiger charge is -2.15. The Bertz CT molecular complexity index is 471. The monoisotopic (exact) mass is 251 g/mol. The van der Waals surface area contributed by atoms with Gasteiger partial charge in [0, 0.05) is 20.9 Å². The minimum atomic E-state index is -1.11. The van der Waals surface area contributed by atoms with Gasteiger partial charge in [0.1, 0.15) is 18.4 Å². The van der Waals surface area contributed by atoms with Gasteiger partial charge < -0.3 is 4.74 Å². The van der Waals surface area contributed by atoms with Crippen LogP contribution in [0.25, 0.3) is 0 Å². The van der Waals surface area contributed by atoms with Gasteiger partial charge in [0.2, 0.25) is 0 Å². The molecule has 0 saturated heterocycles. The normalized spacial score (nSPS) is 11.2. The van der Waals surface area contributed by atoms with Crippen molar-refractivity contribution >= 4 is 8.07 Å². The van der Waals surface area contributed by atoms with Crippen molar-refractivity contribution in [1.29, 1.82) is 5.26 Å². The van der Waals surface area contributed by atoms with Gasteiger partial charge in [-0.2, -0.15) is 10.4 Å². The van der Waals surface area contributed by atoms with Gasteiger partial charge in [-0.25, -0.2) is 4.68 Å². The third kappa shape index (κ3) is 4.50. The first-order valence-electron chi connectivity index (χ1n) is 5.48. The summed E-state index contributed by atoms with van der Waals surface area (Å²) >= 11 is 0. The summed E-state index contributed by atoms with van der Waals surface area (Å²) in [5.74, 6) is 0. The van der Waals surface area contributed by atoms with E-state index in [2.05, 4.69) is 24.7 Å². The zero-order valence-electron chi connectivity index (χ0n) is 10.4. The topological polar surface area (TPSA) is 67.9 Å². The molecular weight excluding hydrogens is 234 g/mol. The van der Waals surface area contributed by atoms with E-state index in [-0.39, 0.29) is 12.3 Å². The van der Waals surface area contributed by atoms with E-state index < -0.39 is 13.6 Å². The van der Waals surface area contributed by atoms with Crippen LogP contribution in [0, 0.1) is 11.3 Å². The van der Waals surface area contributed by atoms with E-state index in [0.29, 0.717) is 6.61 Å². The summed E-state index contributed by atoms with van der Waals surface area (Å²) < 4.78 is 6.57. The van der Waals surface area contributed by atoms with Gasteiger partial charge in [0.25, 0.3) is 5.56 Å². The molecule has 1 aromatic heterocycles. The molecule has 5 nitrogen and oxygen atoms in total. The molecule has 0 N–H and O–H groups in total. The third-order valence-electron chi connectivity index (χ3n) is 2.24. The molecule has 0 bridgehead atoms. The van der Waals surface area contributed by atoms with E-state index >= 15 is 0 Å². The van der Waals surface area contributed by atoms with Crippen LogP contribution >= 0.6 is 0 Å². The van der Waals surface area contributed by atoms with Gasteiger partial charge >= 0.3 is 0 Å². The highest BCUT2D eigenvalue weighted by Gasteiger charge is 2.12. The highest BCUT2D eigenvalue weighted by Crippen LogP contribution is 2.07. The average molecular weight is 251 g/mol. The maximum atomic E-state index is 11.6. The second-order valence-corrected chi connectivity index (χ2v) is 10.6. The Labute approximate surface area is 102 Å². The Balaban J connectivity index is 2.54. The van der Waals surface area contributed by atoms with Crippen LogP contribution < -0.4 is 5.56 Å². The molecule has 0 unspecified atom stereocenters. The molecule has 0 fully saturated rings. The molecule has 0 amide bonds. The van der Waals surface area contributed by atoms with Crippen molar-refractivity contribution in [1.82, 2.24) is 9.78 Å². The second-order valence-electron chi connectivity index (χ2n) is 5.01. The van der Waals surface area contributed by atoms with Gasteiger partial charge in [-0.15, -0.1) is 0 Å². The van der Waals surface area contributed by atoms with E-state index in [1.807, 2.05) is 6.07 Å². The van der Waals surface area contributed by atoms with Crippen LogP contribution in [0.15, 0.2) is 17.1 Å². The molecule has 0 atom stereocenters. The van der Waals surface area contributed by atoms with E-state index in [1.54, 1.807) is 0 Å². The van der Waals surface area contributed by atoms with Gasteiger partial charge in [-0.05, 0) is 12.1 Å². The number of aromatic nitrogens is 2. The van der Waals surface area contributed by atoms with E-state index in [4.69, 9.17) is 10.00 Å². The van der Waals surface area contributed by atoms with Crippen molar-refractivity contribution < 1.29 is 4.74 Å². The number of hydrogen-bond acceptors (Lipinski definition) is 4. The minimum absolute atomic E-state index is 0.0915. The third-order valence-corrected chi connectivity index (χ3v) is 3.95. The van der Waals surface area contributed by atoms with Crippen molar-refractivity contribution in [3.63, 3.8) is 0 Å². The molecule has 6 heteroatoms. The smallest absolute Gasteiger partial charge is 0.286 e. The number of hydrogen-bond donors (Lipinski definition) is 0. The number of rotatable bonds is 5. The fourth-order valence-electron chi connectivity index (χ4n) is 1.16. The molecule has 17 heavy (non-hydrogen) atoms. The summed E-state index contributed by atoms with van der Waals surface area (Å²) in [5, 5.41) is 12.6. The Hall–Kier alpha value is -1.45. The largest absolute Gasteiger partial charge is 0.359 e. The van der Waals surface area contributed by atoms with Crippen molar-refractivity contribution in [2.75, 3.05) is 6.61 Å². The van der Waals surface area contributed by atoms with Crippen LogP contribution in [-0.2, 0) is 11.5 Å². The standard InChI is InChI=1S/C11H17N3O2Si/c1-17(2,3)7-6-16-9-14-11(15)10(8-12)4-5-13-14/h4-5H,6-7,9H2,1-3H3. The fraction of sp³-hybridized carbons (Fsp3) is 0.545. The molecule has 0 aromatic carbocycles. The Morgan fingerprint density at radius 2 is 2.24 bits per heavy atom. The highest BCUT2D eigenvalue weighted by molar-refractivity contribution is 6.76. The van der Waals surface area contributed by atoms with Gasteiger partial charge in [0.05, 0.1) is 0 Å². The maximum Gasteiger partial charge on any atom is 0.286 e. The van der Waals surface area contributed by atoms with Crippen molar-refractivity contribution in [3.8, 4) is 6.07 Å². The summed E-state index contributed by atoms with van der Waals surface area (Å²) in [7, 11) is -1.11. The molecule has 0 radical (unpaired) electrons. The molecule has 1 heterocycles. The van der Waals surface area contributed by atoms with Gasteiger partial charge in [0.15, 0.2) is 0 Å². The summed E-state index contributed by atoms with van der Waals surface area (Å²) in [4.78, 5) is 11.6. The quantitative estimate of drug-likeness (QED) is 0.586. The van der Waals surface area contributed by atoms with Crippen molar-refractivity contribution in [2.24, 2.45) is 0 Å². The van der Waals surface area contributed by atoms with E-state index in [0.717, 1.165) is 6.04 Å². The molecule has 1 rings (SSSR count). The molecule has 0 aliphatic carbocycles. The zero-order chi connectivity index (χ0) is 12.9. The summed E-state index contributed by atoms with van der Waals surface area (Å²) in [5.41, 5.74) is -0.309. The first-order valence-corrected chi connectivity index (χ1v) is 9.19. The van der Waals surface area contributed by atoms with Gasteiger partial charge in [-0.1, -0.05) is 19.6 Å². The SMILES string of the molecule is C[Si](C)(C)CCOCn1nccc(C#N)c1=O. The Kier molecular flexibility index (Phi) is 4.60. The van der Waals surface area contributed by atoms with E-state index in [9.17, 15) is 4.79 Å². The van der Waals surface area contributed by atoms with Gasteiger partial charge in [-0.3, -0.25) is 4.79 Å². The molecule has 0 saturated carbocycles. The Morgan fingerprint density at radius 1 is 1.53 bits per heavy atom. The molecule has 1 aromatic rings.